The van der Waals surface area contributed by atoms with Gasteiger partial charge in [0.25, 0.3) is 0 Å². The summed E-state index contributed by atoms with van der Waals surface area (Å²) in [6, 6.07) is 5.23. The summed E-state index contributed by atoms with van der Waals surface area (Å²) in [5, 5.41) is 0. The number of carbonyl (C=O) groups excluding carboxylic acids is 1. The first-order valence-corrected chi connectivity index (χ1v) is 5.86. The topological polar surface area (TPSA) is 44.8 Å². The Morgan fingerprint density at radius 1 is 1.28 bits per heavy atom. The van der Waals surface area contributed by atoms with Crippen LogP contribution in [0.1, 0.15) is 23.2 Å². The molecule has 0 unspecified atom stereocenters. The molecule has 0 aliphatic carbocycles. The van der Waals surface area contributed by atoms with Gasteiger partial charge in [0.2, 0.25) is 5.78 Å². The summed E-state index contributed by atoms with van der Waals surface area (Å²) in [5.41, 5.74) is 0.463. The van der Waals surface area contributed by atoms with Gasteiger partial charge in [-0.25, -0.2) is 0 Å². The molecule has 4 nitrogen and oxygen atoms in total. The fourth-order valence-electron chi connectivity index (χ4n) is 1.91. The molecule has 1 aliphatic rings. The van der Waals surface area contributed by atoms with E-state index in [-0.39, 0.29) is 5.78 Å². The van der Waals surface area contributed by atoms with Crippen LogP contribution in [0, 0.1) is 0 Å². The smallest absolute Gasteiger partial charge is 0.231 e. The summed E-state index contributed by atoms with van der Waals surface area (Å²) < 4.78 is 15.8. The van der Waals surface area contributed by atoms with E-state index in [9.17, 15) is 4.79 Å². The number of hydrogen-bond donors (Lipinski definition) is 0. The molecule has 1 aliphatic heterocycles. The van der Waals surface area contributed by atoms with Crippen molar-refractivity contribution < 1.29 is 19.0 Å². The molecular weight excluding hydrogens is 232 g/mol. The lowest BCUT2D eigenvalue weighted by Gasteiger charge is -2.16. The molecule has 2 rings (SSSR count). The van der Waals surface area contributed by atoms with Crippen molar-refractivity contribution in [2.75, 3.05) is 20.8 Å². The van der Waals surface area contributed by atoms with Gasteiger partial charge >= 0.3 is 0 Å². The van der Waals surface area contributed by atoms with Crippen LogP contribution in [0.5, 0.6) is 11.5 Å². The highest BCUT2D eigenvalue weighted by Crippen LogP contribution is 2.32. The fraction of sp³-hybridized carbons (Fsp3) is 0.357. The normalized spacial score (nSPS) is 14.4. The first kappa shape index (κ1) is 12.5. The Labute approximate surface area is 106 Å². The highest BCUT2D eigenvalue weighted by atomic mass is 16.5. The van der Waals surface area contributed by atoms with Crippen molar-refractivity contribution in [3.8, 4) is 11.5 Å². The van der Waals surface area contributed by atoms with E-state index < -0.39 is 0 Å². The summed E-state index contributed by atoms with van der Waals surface area (Å²) in [4.78, 5) is 12.3. The molecule has 0 saturated heterocycles. The summed E-state index contributed by atoms with van der Waals surface area (Å²) in [6.07, 6.45) is 3.64. The van der Waals surface area contributed by atoms with E-state index >= 15 is 0 Å². The molecule has 0 amide bonds. The number of benzene rings is 1. The van der Waals surface area contributed by atoms with Gasteiger partial charge in [-0.15, -0.1) is 0 Å². The van der Waals surface area contributed by atoms with Gasteiger partial charge in [0.05, 0.1) is 26.4 Å². The molecule has 0 aromatic heterocycles. The predicted octanol–water partition coefficient (Wildman–Crippen LogP) is 2.58. The van der Waals surface area contributed by atoms with Crippen molar-refractivity contribution in [1.29, 1.82) is 0 Å². The zero-order valence-corrected chi connectivity index (χ0v) is 10.6. The Morgan fingerprint density at radius 3 is 2.72 bits per heavy atom. The highest BCUT2D eigenvalue weighted by molar-refractivity contribution is 6.09. The third-order valence-corrected chi connectivity index (χ3v) is 2.81. The van der Waals surface area contributed by atoms with Crippen molar-refractivity contribution in [2.45, 2.75) is 12.8 Å². The van der Waals surface area contributed by atoms with Crippen LogP contribution in [-0.4, -0.2) is 26.6 Å². The molecule has 0 spiro atoms. The lowest BCUT2D eigenvalue weighted by molar-refractivity contribution is 0.0895. The quantitative estimate of drug-likeness (QED) is 0.768. The number of rotatable bonds is 4. The van der Waals surface area contributed by atoms with Gasteiger partial charge in [-0.2, -0.15) is 0 Å². The summed E-state index contributed by atoms with van der Waals surface area (Å²) in [6.45, 7) is 0.587. The molecule has 1 heterocycles. The monoisotopic (exact) mass is 248 g/mol. The van der Waals surface area contributed by atoms with Gasteiger partial charge in [-0.1, -0.05) is 6.07 Å². The van der Waals surface area contributed by atoms with Gasteiger partial charge in [-0.3, -0.25) is 4.79 Å². The Balaban J connectivity index is 2.38. The molecule has 1 aromatic rings. The number of methoxy groups -OCH3 is 2. The molecular formula is C14H16O4. The first-order chi connectivity index (χ1) is 8.77. The minimum absolute atomic E-state index is 0.162. The summed E-state index contributed by atoms with van der Waals surface area (Å²) in [5.74, 6) is 1.22. The van der Waals surface area contributed by atoms with Crippen LogP contribution < -0.4 is 9.47 Å². The van der Waals surface area contributed by atoms with Crippen molar-refractivity contribution in [1.82, 2.24) is 0 Å². The number of ketones is 1. The minimum Gasteiger partial charge on any atom is -0.493 e. The second-order valence-electron chi connectivity index (χ2n) is 3.93. The average molecular weight is 248 g/mol. The number of allylic oxidation sites excluding steroid dienone is 2. The summed E-state index contributed by atoms with van der Waals surface area (Å²) >= 11 is 0. The largest absolute Gasteiger partial charge is 0.493 e. The number of Topliss-reactive ketones (excluding diaryl/α,β-unsaturated/α-hetero) is 1. The second-order valence-corrected chi connectivity index (χ2v) is 3.93. The van der Waals surface area contributed by atoms with Crippen LogP contribution in [-0.2, 0) is 4.74 Å². The van der Waals surface area contributed by atoms with E-state index in [0.29, 0.717) is 29.4 Å². The molecule has 18 heavy (non-hydrogen) atoms. The van der Waals surface area contributed by atoms with E-state index in [0.717, 1.165) is 12.8 Å². The van der Waals surface area contributed by atoms with Crippen molar-refractivity contribution in [2.24, 2.45) is 0 Å². The van der Waals surface area contributed by atoms with Crippen LogP contribution in [0.4, 0.5) is 0 Å². The summed E-state index contributed by atoms with van der Waals surface area (Å²) in [7, 11) is 3.06. The molecule has 1 aromatic carbocycles. The Kier molecular flexibility index (Phi) is 3.87. The molecule has 0 radical (unpaired) electrons. The molecule has 0 N–H and O–H groups in total. The van der Waals surface area contributed by atoms with Crippen LogP contribution in [0.15, 0.2) is 30.0 Å². The fourth-order valence-corrected chi connectivity index (χ4v) is 1.91. The lowest BCUT2D eigenvalue weighted by atomic mass is 10.1. The van der Waals surface area contributed by atoms with E-state index in [2.05, 4.69) is 0 Å². The number of hydrogen-bond acceptors (Lipinski definition) is 4. The first-order valence-electron chi connectivity index (χ1n) is 5.86. The molecule has 0 saturated carbocycles. The predicted molar refractivity (Wildman–Crippen MR) is 67.1 cm³/mol. The van der Waals surface area contributed by atoms with Gasteiger partial charge in [-0.05, 0) is 31.1 Å². The van der Waals surface area contributed by atoms with Crippen LogP contribution in [0.3, 0.4) is 0 Å². The zero-order chi connectivity index (χ0) is 13.0. The van der Waals surface area contributed by atoms with Crippen LogP contribution in [0.25, 0.3) is 0 Å². The molecule has 0 bridgehead atoms. The van der Waals surface area contributed by atoms with Crippen LogP contribution in [0.2, 0.25) is 0 Å². The highest BCUT2D eigenvalue weighted by Gasteiger charge is 2.21. The molecule has 0 fully saturated rings. The van der Waals surface area contributed by atoms with Gasteiger partial charge in [0, 0.05) is 0 Å². The maximum Gasteiger partial charge on any atom is 0.231 e. The third-order valence-electron chi connectivity index (χ3n) is 2.81. The number of para-hydroxylation sites is 1. The Hall–Kier alpha value is -1.97. The van der Waals surface area contributed by atoms with Crippen LogP contribution >= 0.6 is 0 Å². The van der Waals surface area contributed by atoms with Gasteiger partial charge in [0.1, 0.15) is 0 Å². The van der Waals surface area contributed by atoms with E-state index in [1.165, 1.54) is 7.11 Å². The average Bonchev–Trinajstić information content (AvgIpc) is 2.46. The molecule has 0 atom stereocenters. The van der Waals surface area contributed by atoms with E-state index in [1.54, 1.807) is 25.3 Å². The van der Waals surface area contributed by atoms with E-state index in [4.69, 9.17) is 14.2 Å². The molecule has 96 valence electrons. The maximum atomic E-state index is 12.3. The SMILES string of the molecule is COc1cccc(C(=O)C2=CCCCO2)c1OC. The van der Waals surface area contributed by atoms with Gasteiger partial charge in [0.15, 0.2) is 17.3 Å². The third kappa shape index (κ3) is 2.32. The molecule has 4 heteroatoms. The lowest BCUT2D eigenvalue weighted by Crippen LogP contribution is -2.12. The van der Waals surface area contributed by atoms with Gasteiger partial charge < -0.3 is 14.2 Å². The number of ether oxygens (including phenoxy) is 3. The Bertz CT molecular complexity index is 477. The van der Waals surface area contributed by atoms with Crippen molar-refractivity contribution >= 4 is 5.78 Å². The second kappa shape index (κ2) is 5.58. The minimum atomic E-state index is -0.162. The van der Waals surface area contributed by atoms with Crippen molar-refractivity contribution in [3.63, 3.8) is 0 Å². The van der Waals surface area contributed by atoms with Crippen molar-refractivity contribution in [3.05, 3.63) is 35.6 Å². The Morgan fingerprint density at radius 2 is 2.11 bits per heavy atom. The standard InChI is InChI=1S/C14H16O4/c1-16-12-8-5-6-10(14(12)17-2)13(15)11-7-3-4-9-18-11/h5-8H,3-4,9H2,1-2H3. The maximum absolute atomic E-state index is 12.3. The zero-order valence-electron chi connectivity index (χ0n) is 10.6. The number of carbonyl (C=O) groups is 1. The van der Waals surface area contributed by atoms with E-state index in [1.807, 2.05) is 6.08 Å².